The Labute approximate surface area is 208 Å². The van der Waals surface area contributed by atoms with Crippen LogP contribution >= 0.6 is 11.3 Å². The van der Waals surface area contributed by atoms with Gasteiger partial charge in [-0.15, -0.1) is 11.3 Å². The van der Waals surface area contributed by atoms with E-state index in [-0.39, 0.29) is 34.3 Å². The topological polar surface area (TPSA) is 115 Å². The molecule has 8 nitrogen and oxygen atoms in total. The Morgan fingerprint density at radius 2 is 1.83 bits per heavy atom. The highest BCUT2D eigenvalue weighted by Gasteiger charge is 2.33. The van der Waals surface area contributed by atoms with Crippen molar-refractivity contribution >= 4 is 40.5 Å². The first kappa shape index (κ1) is 24.7. The number of anilines is 2. The van der Waals surface area contributed by atoms with Crippen LogP contribution in [0.15, 0.2) is 42.9 Å². The first-order valence-electron chi connectivity index (χ1n) is 11.8. The number of nitrogens with one attached hydrogen (secondary N) is 2. The zero-order valence-corrected chi connectivity index (χ0v) is 20.9. The molecule has 0 radical (unpaired) electrons. The van der Waals surface area contributed by atoms with E-state index < -0.39 is 5.97 Å². The third-order valence-corrected chi connectivity index (χ3v) is 7.60. The van der Waals surface area contributed by atoms with E-state index in [4.69, 9.17) is 0 Å². The number of benzene rings is 1. The molecule has 0 atom stereocenters. The molecule has 0 saturated heterocycles. The number of nitrogens with zero attached hydrogens (tertiary/aromatic N) is 2. The van der Waals surface area contributed by atoms with Crippen LogP contribution in [0.5, 0.6) is 0 Å². The second-order valence-electron chi connectivity index (χ2n) is 9.37. The molecule has 1 aliphatic rings. The van der Waals surface area contributed by atoms with Crippen molar-refractivity contribution < 1.29 is 19.5 Å². The molecule has 0 bridgehead atoms. The van der Waals surface area contributed by atoms with E-state index in [1.54, 1.807) is 23.1 Å². The molecule has 0 unspecified atom stereocenters. The smallest absolute Gasteiger partial charge is 0.348 e. The molecule has 35 heavy (non-hydrogen) atoms. The lowest BCUT2D eigenvalue weighted by Gasteiger charge is -2.33. The van der Waals surface area contributed by atoms with E-state index in [1.807, 2.05) is 26.0 Å². The fourth-order valence-electron chi connectivity index (χ4n) is 4.51. The van der Waals surface area contributed by atoms with Gasteiger partial charge in [0.1, 0.15) is 10.6 Å². The number of carbonyl (C=O) groups is 3. The van der Waals surface area contributed by atoms with Crippen molar-refractivity contribution in [3.63, 3.8) is 0 Å². The van der Waals surface area contributed by atoms with Crippen LogP contribution in [-0.4, -0.2) is 38.9 Å². The van der Waals surface area contributed by atoms with E-state index in [1.165, 1.54) is 12.5 Å². The van der Waals surface area contributed by atoms with Crippen molar-refractivity contribution in [3.8, 4) is 10.4 Å². The van der Waals surface area contributed by atoms with Crippen LogP contribution in [0.1, 0.15) is 66.6 Å². The third-order valence-electron chi connectivity index (χ3n) is 6.44. The fourth-order valence-corrected chi connectivity index (χ4v) is 5.50. The SMILES string of the molecule is CC(C)N(c1cc(-c2ccc(NC(=O)c3c[nH]cn3)cc2)sc1C(=O)O)C(=O)[C@H]1CC[C@H](C)CC1. The Morgan fingerprint density at radius 1 is 1.14 bits per heavy atom. The van der Waals surface area contributed by atoms with Crippen LogP contribution in [0, 0.1) is 11.8 Å². The summed E-state index contributed by atoms with van der Waals surface area (Å²) >= 11 is 1.15. The first-order chi connectivity index (χ1) is 16.7. The largest absolute Gasteiger partial charge is 0.477 e. The Morgan fingerprint density at radius 3 is 2.40 bits per heavy atom. The van der Waals surface area contributed by atoms with Crippen LogP contribution in [0.4, 0.5) is 11.4 Å². The van der Waals surface area contributed by atoms with Gasteiger partial charge in [0.2, 0.25) is 5.91 Å². The zero-order valence-electron chi connectivity index (χ0n) is 20.1. The lowest BCUT2D eigenvalue weighted by atomic mass is 9.82. The van der Waals surface area contributed by atoms with Gasteiger partial charge in [-0.05, 0) is 69.2 Å². The molecule has 184 valence electrons. The summed E-state index contributed by atoms with van der Waals surface area (Å²) in [7, 11) is 0. The molecule has 2 aromatic heterocycles. The predicted octanol–water partition coefficient (Wildman–Crippen LogP) is 5.66. The van der Waals surface area contributed by atoms with Gasteiger partial charge in [-0.3, -0.25) is 9.59 Å². The van der Waals surface area contributed by atoms with Crippen molar-refractivity contribution in [1.82, 2.24) is 9.97 Å². The third kappa shape index (κ3) is 5.45. The van der Waals surface area contributed by atoms with Crippen LogP contribution in [0.25, 0.3) is 10.4 Å². The highest BCUT2D eigenvalue weighted by atomic mass is 32.1. The maximum atomic E-state index is 13.5. The van der Waals surface area contributed by atoms with Crippen molar-refractivity contribution in [2.75, 3.05) is 10.2 Å². The summed E-state index contributed by atoms with van der Waals surface area (Å²) in [6, 6.07) is 8.80. The molecule has 2 amide bonds. The van der Waals surface area contributed by atoms with E-state index in [0.717, 1.165) is 47.5 Å². The highest BCUT2D eigenvalue weighted by molar-refractivity contribution is 7.18. The molecule has 1 fully saturated rings. The van der Waals surface area contributed by atoms with Crippen LogP contribution in [0.3, 0.4) is 0 Å². The lowest BCUT2D eigenvalue weighted by Crippen LogP contribution is -2.42. The Kier molecular flexibility index (Phi) is 7.35. The fraction of sp³-hybridized carbons (Fsp3) is 0.385. The Bertz CT molecular complexity index is 1190. The number of thiophene rings is 1. The van der Waals surface area contributed by atoms with E-state index >= 15 is 0 Å². The van der Waals surface area contributed by atoms with Gasteiger partial charge >= 0.3 is 5.97 Å². The second-order valence-corrected chi connectivity index (χ2v) is 10.4. The van der Waals surface area contributed by atoms with Gasteiger partial charge in [-0.25, -0.2) is 9.78 Å². The number of rotatable bonds is 7. The molecule has 1 aromatic carbocycles. The van der Waals surface area contributed by atoms with Crippen molar-refractivity contribution in [2.24, 2.45) is 11.8 Å². The maximum Gasteiger partial charge on any atom is 0.348 e. The van der Waals surface area contributed by atoms with Gasteiger partial charge in [0.05, 0.1) is 12.0 Å². The predicted molar refractivity (Wildman–Crippen MR) is 137 cm³/mol. The minimum absolute atomic E-state index is 0.00942. The molecule has 9 heteroatoms. The summed E-state index contributed by atoms with van der Waals surface area (Å²) in [5.74, 6) is -0.810. The summed E-state index contributed by atoms with van der Waals surface area (Å²) in [4.78, 5) is 47.1. The average Bonchev–Trinajstić information content (AvgIpc) is 3.51. The molecule has 2 heterocycles. The highest BCUT2D eigenvalue weighted by Crippen LogP contribution is 2.40. The molecule has 4 rings (SSSR count). The number of carbonyl (C=O) groups excluding carboxylic acids is 2. The minimum atomic E-state index is -1.05. The number of hydrogen-bond acceptors (Lipinski definition) is 5. The standard InChI is InChI=1S/C26H30N4O4S/c1-15(2)30(25(32)18-6-4-16(3)5-7-18)21-12-22(35-23(21)26(33)34)17-8-10-19(11-9-17)29-24(31)20-13-27-14-28-20/h8-16,18H,4-7H2,1-3H3,(H,27,28)(H,29,31)(H,33,34)/t16-,18-. The first-order valence-corrected chi connectivity index (χ1v) is 12.7. The normalized spacial score (nSPS) is 17.8. The lowest BCUT2D eigenvalue weighted by molar-refractivity contribution is -0.123. The number of carboxylic acids is 1. The van der Waals surface area contributed by atoms with Gasteiger partial charge in [0.15, 0.2) is 0 Å². The molecular formula is C26H30N4O4S. The van der Waals surface area contributed by atoms with E-state index in [2.05, 4.69) is 22.2 Å². The van der Waals surface area contributed by atoms with Crippen molar-refractivity contribution in [2.45, 2.75) is 52.5 Å². The molecule has 1 saturated carbocycles. The molecule has 0 spiro atoms. The second kappa shape index (κ2) is 10.4. The Hall–Kier alpha value is -3.46. The maximum absolute atomic E-state index is 13.5. The number of aromatic nitrogens is 2. The zero-order chi connectivity index (χ0) is 25.1. The summed E-state index contributed by atoms with van der Waals surface area (Å²) < 4.78 is 0. The van der Waals surface area contributed by atoms with Gasteiger partial charge in [0.25, 0.3) is 5.91 Å². The van der Waals surface area contributed by atoms with Gasteiger partial charge < -0.3 is 20.3 Å². The van der Waals surface area contributed by atoms with E-state index in [9.17, 15) is 19.5 Å². The molecule has 3 aromatic rings. The quantitative estimate of drug-likeness (QED) is 0.392. The number of aromatic amines is 1. The summed E-state index contributed by atoms with van der Waals surface area (Å²) in [6.45, 7) is 6.05. The van der Waals surface area contributed by atoms with E-state index in [0.29, 0.717) is 17.3 Å². The van der Waals surface area contributed by atoms with Crippen LogP contribution in [-0.2, 0) is 4.79 Å². The molecule has 0 aliphatic heterocycles. The van der Waals surface area contributed by atoms with Gasteiger partial charge in [-0.1, -0.05) is 19.1 Å². The number of hydrogen-bond donors (Lipinski definition) is 3. The van der Waals surface area contributed by atoms with Crippen LogP contribution < -0.4 is 10.2 Å². The van der Waals surface area contributed by atoms with Crippen LogP contribution in [0.2, 0.25) is 0 Å². The van der Waals surface area contributed by atoms with Crippen molar-refractivity contribution in [3.05, 3.63) is 53.4 Å². The Balaban J connectivity index is 1.59. The molecule has 1 aliphatic carbocycles. The molecular weight excluding hydrogens is 464 g/mol. The van der Waals surface area contributed by atoms with Gasteiger partial charge in [0, 0.05) is 28.7 Å². The molecule has 3 N–H and O–H groups in total. The van der Waals surface area contributed by atoms with Gasteiger partial charge in [-0.2, -0.15) is 0 Å². The number of H-pyrrole nitrogens is 1. The summed E-state index contributed by atoms with van der Waals surface area (Å²) in [5.41, 5.74) is 2.15. The monoisotopic (exact) mass is 494 g/mol. The van der Waals surface area contributed by atoms with Crippen molar-refractivity contribution in [1.29, 1.82) is 0 Å². The number of amides is 2. The number of aromatic carboxylic acids is 1. The summed E-state index contributed by atoms with van der Waals surface area (Å²) in [5, 5.41) is 12.7. The minimum Gasteiger partial charge on any atom is -0.477 e. The number of carboxylic acid groups (broad SMARTS) is 1. The average molecular weight is 495 g/mol. The number of imidazole rings is 1. The summed E-state index contributed by atoms with van der Waals surface area (Å²) in [6.07, 6.45) is 6.67.